The lowest BCUT2D eigenvalue weighted by Crippen LogP contribution is -2.49. The Bertz CT molecular complexity index is 954. The van der Waals surface area contributed by atoms with Crippen molar-refractivity contribution in [3.05, 3.63) is 39.1 Å². The van der Waals surface area contributed by atoms with Crippen LogP contribution in [0.3, 0.4) is 0 Å². The van der Waals surface area contributed by atoms with E-state index in [0.717, 1.165) is 15.9 Å². The van der Waals surface area contributed by atoms with E-state index < -0.39 is 16.9 Å². The molecule has 0 saturated carbocycles. The second-order valence-electron chi connectivity index (χ2n) is 7.04. The van der Waals surface area contributed by atoms with Gasteiger partial charge in [-0.15, -0.1) is 0 Å². The van der Waals surface area contributed by atoms with Gasteiger partial charge in [0.2, 0.25) is 5.91 Å². The van der Waals surface area contributed by atoms with Gasteiger partial charge in [-0.2, -0.15) is 18.3 Å². The van der Waals surface area contributed by atoms with Crippen LogP contribution in [0.1, 0.15) is 17.0 Å². The lowest BCUT2D eigenvalue weighted by molar-refractivity contribution is -0.142. The Kier molecular flexibility index (Phi) is 6.43. The van der Waals surface area contributed by atoms with Gasteiger partial charge in [-0.3, -0.25) is 9.48 Å². The summed E-state index contributed by atoms with van der Waals surface area (Å²) in [4.78, 5) is 16.4. The molecule has 1 fully saturated rings. The van der Waals surface area contributed by atoms with Crippen molar-refractivity contribution in [2.75, 3.05) is 38.2 Å². The van der Waals surface area contributed by atoms with Crippen LogP contribution in [0.25, 0.3) is 0 Å². The van der Waals surface area contributed by atoms with Gasteiger partial charge in [0.25, 0.3) is 0 Å². The summed E-state index contributed by atoms with van der Waals surface area (Å²) in [5, 5.41) is 3.54. The maximum Gasteiger partial charge on any atom is 0.436 e. The molecule has 0 spiro atoms. The molecule has 30 heavy (non-hydrogen) atoms. The molecule has 1 aliphatic rings. The minimum Gasteiger partial charge on any atom is -0.495 e. The monoisotopic (exact) mass is 464 g/mol. The number of anilines is 1. The topological polar surface area (TPSA) is 50.6 Å². The van der Waals surface area contributed by atoms with Crippen LogP contribution in [0.4, 0.5) is 18.9 Å². The highest BCUT2D eigenvalue weighted by Crippen LogP contribution is 2.35. The molecule has 1 aromatic carbocycles. The van der Waals surface area contributed by atoms with Gasteiger partial charge in [0.1, 0.15) is 12.3 Å². The fraction of sp³-hybridized carbons (Fsp3) is 0.474. The van der Waals surface area contributed by atoms with E-state index in [2.05, 4.69) is 10.00 Å². The first-order valence-electron chi connectivity index (χ1n) is 9.20. The molecule has 1 amide bonds. The first-order valence-corrected chi connectivity index (χ1v) is 9.95. The van der Waals surface area contributed by atoms with Crippen LogP contribution in [0.2, 0.25) is 10.0 Å². The number of hydrogen-bond acceptors (Lipinski definition) is 4. The van der Waals surface area contributed by atoms with Gasteiger partial charge in [-0.1, -0.05) is 23.2 Å². The second kappa shape index (κ2) is 8.55. The highest BCUT2D eigenvalue weighted by molar-refractivity contribution is 6.32. The third-order valence-corrected chi connectivity index (χ3v) is 5.88. The third kappa shape index (κ3) is 4.46. The molecule has 2 heterocycles. The molecule has 0 aliphatic carbocycles. The van der Waals surface area contributed by atoms with Crippen LogP contribution in [-0.4, -0.2) is 53.9 Å². The van der Waals surface area contributed by atoms with Crippen molar-refractivity contribution in [1.82, 2.24) is 14.7 Å². The van der Waals surface area contributed by atoms with Crippen molar-refractivity contribution in [3.63, 3.8) is 0 Å². The van der Waals surface area contributed by atoms with Gasteiger partial charge in [0.15, 0.2) is 5.69 Å². The number of carbonyl (C=O) groups excluding carboxylic acids is 1. The maximum absolute atomic E-state index is 13.0. The van der Waals surface area contributed by atoms with Crippen LogP contribution in [0.5, 0.6) is 5.75 Å². The summed E-state index contributed by atoms with van der Waals surface area (Å²) in [5.41, 5.74) is 0.890. The highest BCUT2D eigenvalue weighted by Gasteiger charge is 2.38. The van der Waals surface area contributed by atoms with E-state index in [1.807, 2.05) is 19.1 Å². The Hall–Kier alpha value is -2.13. The van der Waals surface area contributed by atoms with Gasteiger partial charge in [0, 0.05) is 37.9 Å². The molecule has 0 atom stereocenters. The van der Waals surface area contributed by atoms with E-state index >= 15 is 0 Å². The molecule has 0 radical (unpaired) electrons. The van der Waals surface area contributed by atoms with Crippen molar-refractivity contribution in [2.45, 2.75) is 26.6 Å². The zero-order chi connectivity index (χ0) is 22.2. The Labute approximate surface area is 182 Å². The number of carbonyl (C=O) groups is 1. The number of amides is 1. The van der Waals surface area contributed by atoms with E-state index in [1.54, 1.807) is 12.0 Å². The summed E-state index contributed by atoms with van der Waals surface area (Å²) in [7, 11) is 1.55. The van der Waals surface area contributed by atoms with E-state index in [1.165, 1.54) is 6.92 Å². The first-order chi connectivity index (χ1) is 14.0. The van der Waals surface area contributed by atoms with Crippen LogP contribution in [0, 0.1) is 13.8 Å². The van der Waals surface area contributed by atoms with Gasteiger partial charge in [-0.05, 0) is 25.5 Å². The van der Waals surface area contributed by atoms with Gasteiger partial charge in [-0.25, -0.2) is 0 Å². The number of ether oxygens (including phenoxy) is 1. The van der Waals surface area contributed by atoms with Crippen molar-refractivity contribution < 1.29 is 22.7 Å². The molecule has 2 aromatic rings. The van der Waals surface area contributed by atoms with Gasteiger partial charge < -0.3 is 14.5 Å². The third-order valence-electron chi connectivity index (χ3n) is 5.13. The van der Waals surface area contributed by atoms with E-state index in [-0.39, 0.29) is 18.1 Å². The summed E-state index contributed by atoms with van der Waals surface area (Å²) < 4.78 is 45.2. The van der Waals surface area contributed by atoms with E-state index in [0.29, 0.717) is 37.0 Å². The van der Waals surface area contributed by atoms with Crippen LogP contribution < -0.4 is 9.64 Å². The van der Waals surface area contributed by atoms with Crippen LogP contribution in [-0.2, 0) is 17.5 Å². The standard InChI is InChI=1S/C19H21Cl2F3N4O2/c1-11-8-13(20)15(30-3)9-14(11)26-4-6-27(7-5-26)16(29)10-28-12(2)17(21)18(25-28)19(22,23)24/h8-9H,4-7,10H2,1-3H3. The molecule has 1 aliphatic heterocycles. The largest absolute Gasteiger partial charge is 0.495 e. The summed E-state index contributed by atoms with van der Waals surface area (Å²) in [6, 6.07) is 3.69. The second-order valence-corrected chi connectivity index (χ2v) is 7.83. The molecule has 1 aromatic heterocycles. The number of aromatic nitrogens is 2. The zero-order valence-corrected chi connectivity index (χ0v) is 18.2. The summed E-state index contributed by atoms with van der Waals surface area (Å²) in [5.74, 6) is 0.262. The number of alkyl halides is 3. The number of halogens is 5. The Morgan fingerprint density at radius 3 is 2.33 bits per heavy atom. The van der Waals surface area contributed by atoms with Crippen molar-refractivity contribution in [2.24, 2.45) is 0 Å². The predicted molar refractivity (Wildman–Crippen MR) is 109 cm³/mol. The number of methoxy groups -OCH3 is 1. The molecule has 3 rings (SSSR count). The molecule has 1 saturated heterocycles. The maximum atomic E-state index is 13.0. The molecular weight excluding hydrogens is 444 g/mol. The number of piperazine rings is 1. The number of benzene rings is 1. The van der Waals surface area contributed by atoms with Gasteiger partial charge in [0.05, 0.1) is 22.8 Å². The fourth-order valence-corrected chi connectivity index (χ4v) is 3.96. The number of nitrogens with zero attached hydrogens (tertiary/aromatic N) is 4. The molecular formula is C19H21Cl2F3N4O2. The van der Waals surface area contributed by atoms with Crippen LogP contribution in [0.15, 0.2) is 12.1 Å². The highest BCUT2D eigenvalue weighted by atomic mass is 35.5. The number of aryl methyl sites for hydroxylation is 1. The lowest BCUT2D eigenvalue weighted by Gasteiger charge is -2.37. The molecule has 0 bridgehead atoms. The summed E-state index contributed by atoms with van der Waals surface area (Å²) in [6.45, 7) is 5.07. The minimum absolute atomic E-state index is 0.111. The van der Waals surface area contributed by atoms with E-state index in [9.17, 15) is 18.0 Å². The lowest BCUT2D eigenvalue weighted by atomic mass is 10.1. The first kappa shape index (κ1) is 22.6. The average Bonchev–Trinajstić information content (AvgIpc) is 2.97. The Morgan fingerprint density at radius 2 is 1.80 bits per heavy atom. The summed E-state index contributed by atoms with van der Waals surface area (Å²) in [6.07, 6.45) is -4.67. The molecule has 6 nitrogen and oxygen atoms in total. The molecule has 164 valence electrons. The van der Waals surface area contributed by atoms with Crippen molar-refractivity contribution >= 4 is 34.8 Å². The Balaban J connectivity index is 1.67. The Morgan fingerprint density at radius 1 is 1.17 bits per heavy atom. The average molecular weight is 465 g/mol. The normalized spacial score (nSPS) is 14.9. The van der Waals surface area contributed by atoms with E-state index in [4.69, 9.17) is 27.9 Å². The van der Waals surface area contributed by atoms with Gasteiger partial charge >= 0.3 is 6.18 Å². The quantitative estimate of drug-likeness (QED) is 0.680. The number of hydrogen-bond donors (Lipinski definition) is 0. The smallest absolute Gasteiger partial charge is 0.436 e. The zero-order valence-electron chi connectivity index (χ0n) is 16.7. The molecule has 0 N–H and O–H groups in total. The molecule has 11 heteroatoms. The SMILES string of the molecule is COc1cc(N2CCN(C(=O)Cn3nc(C(F)(F)F)c(Cl)c3C)CC2)c(C)cc1Cl. The van der Waals surface area contributed by atoms with Crippen molar-refractivity contribution in [3.8, 4) is 5.75 Å². The number of rotatable bonds is 4. The summed E-state index contributed by atoms with van der Waals surface area (Å²) >= 11 is 11.9. The minimum atomic E-state index is -4.67. The van der Waals surface area contributed by atoms with Crippen molar-refractivity contribution in [1.29, 1.82) is 0 Å². The fourth-order valence-electron chi connectivity index (χ4n) is 3.42. The van der Waals surface area contributed by atoms with Crippen LogP contribution >= 0.6 is 23.2 Å². The predicted octanol–water partition coefficient (Wildman–Crippen LogP) is 4.18. The molecule has 0 unspecified atom stereocenters.